The fourth-order valence-corrected chi connectivity index (χ4v) is 1.46. The van der Waals surface area contributed by atoms with Gasteiger partial charge in [-0.3, -0.25) is 0 Å². The van der Waals surface area contributed by atoms with E-state index in [0.29, 0.717) is 5.92 Å². The fraction of sp³-hybridized carbons (Fsp3) is 0.538. The van der Waals surface area contributed by atoms with Gasteiger partial charge in [-0.15, -0.1) is 0 Å². The predicted molar refractivity (Wildman–Crippen MR) is 64.5 cm³/mol. The largest absolute Gasteiger partial charge is 0.435 e. The summed E-state index contributed by atoms with van der Waals surface area (Å²) in [4.78, 5) is 0. The Morgan fingerprint density at radius 2 is 1.82 bits per heavy atom. The number of ether oxygens (including phenoxy) is 1. The predicted octanol–water partition coefficient (Wildman–Crippen LogP) is 3.08. The van der Waals surface area contributed by atoms with Crippen molar-refractivity contribution in [3.63, 3.8) is 0 Å². The van der Waals surface area contributed by atoms with E-state index in [4.69, 9.17) is 0 Å². The van der Waals surface area contributed by atoms with Gasteiger partial charge in [-0.2, -0.15) is 8.78 Å². The van der Waals surface area contributed by atoms with Crippen LogP contribution in [0.1, 0.15) is 19.4 Å². The Bertz CT molecular complexity index is 312. The van der Waals surface area contributed by atoms with Gasteiger partial charge in [0, 0.05) is 0 Å². The lowest BCUT2D eigenvalue weighted by atomic mass is 10.1. The summed E-state index contributed by atoms with van der Waals surface area (Å²) in [6.45, 7) is 3.45. The molecule has 0 heterocycles. The van der Waals surface area contributed by atoms with E-state index in [1.807, 2.05) is 12.1 Å². The Morgan fingerprint density at radius 3 is 2.35 bits per heavy atom. The van der Waals surface area contributed by atoms with E-state index in [9.17, 15) is 8.78 Å². The van der Waals surface area contributed by atoms with Crippen molar-refractivity contribution in [1.82, 2.24) is 5.32 Å². The Balaban J connectivity index is 2.30. The molecule has 0 spiro atoms. The average molecular weight is 243 g/mol. The van der Waals surface area contributed by atoms with Gasteiger partial charge in [-0.1, -0.05) is 26.0 Å². The molecule has 0 aromatic heterocycles. The zero-order valence-corrected chi connectivity index (χ0v) is 10.2. The van der Waals surface area contributed by atoms with E-state index in [1.165, 1.54) is 0 Å². The lowest BCUT2D eigenvalue weighted by Crippen LogP contribution is -2.22. The van der Waals surface area contributed by atoms with Crippen molar-refractivity contribution >= 4 is 0 Å². The van der Waals surface area contributed by atoms with E-state index in [2.05, 4.69) is 23.9 Å². The summed E-state index contributed by atoms with van der Waals surface area (Å²) < 4.78 is 28.1. The maximum Gasteiger partial charge on any atom is 0.387 e. The number of hydrogen-bond donors (Lipinski definition) is 1. The second-order valence-corrected chi connectivity index (χ2v) is 4.37. The van der Waals surface area contributed by atoms with Crippen LogP contribution in [0.4, 0.5) is 8.78 Å². The van der Waals surface area contributed by atoms with Crippen LogP contribution in [0.3, 0.4) is 0 Å². The first-order valence-electron chi connectivity index (χ1n) is 5.82. The highest BCUT2D eigenvalue weighted by molar-refractivity contribution is 5.27. The van der Waals surface area contributed by atoms with E-state index in [1.54, 1.807) is 12.1 Å². The van der Waals surface area contributed by atoms with Crippen molar-refractivity contribution in [1.29, 1.82) is 0 Å². The highest BCUT2D eigenvalue weighted by Crippen LogP contribution is 2.14. The maximum atomic E-state index is 11.9. The molecule has 1 N–H and O–H groups in total. The molecular weight excluding hydrogens is 224 g/mol. The van der Waals surface area contributed by atoms with Crippen molar-refractivity contribution in [2.75, 3.05) is 13.1 Å². The first kappa shape index (κ1) is 13.9. The molecule has 0 aliphatic heterocycles. The van der Waals surface area contributed by atoms with E-state index >= 15 is 0 Å². The van der Waals surface area contributed by atoms with Crippen LogP contribution in [0.2, 0.25) is 0 Å². The van der Waals surface area contributed by atoms with Gasteiger partial charge in [0.05, 0.1) is 0 Å². The molecule has 17 heavy (non-hydrogen) atoms. The Morgan fingerprint density at radius 1 is 1.18 bits per heavy atom. The van der Waals surface area contributed by atoms with Crippen molar-refractivity contribution in [2.45, 2.75) is 26.9 Å². The standard InChI is InChI=1S/C13H19F2NO/c1-10(2)9-16-8-7-11-3-5-12(6-4-11)17-13(14)15/h3-6,10,13,16H,7-9H2,1-2H3. The third kappa shape index (κ3) is 6.22. The van der Waals surface area contributed by atoms with Crippen molar-refractivity contribution < 1.29 is 13.5 Å². The van der Waals surface area contributed by atoms with Gasteiger partial charge in [0.25, 0.3) is 0 Å². The van der Waals surface area contributed by atoms with Crippen molar-refractivity contribution in [2.24, 2.45) is 5.92 Å². The summed E-state index contributed by atoms with van der Waals surface area (Å²) in [5.41, 5.74) is 1.11. The molecule has 0 aliphatic carbocycles. The van der Waals surface area contributed by atoms with Gasteiger partial charge >= 0.3 is 6.61 Å². The average Bonchev–Trinajstić information content (AvgIpc) is 2.25. The summed E-state index contributed by atoms with van der Waals surface area (Å²) in [6, 6.07) is 6.78. The van der Waals surface area contributed by atoms with Crippen LogP contribution in [-0.4, -0.2) is 19.7 Å². The second kappa shape index (κ2) is 7.22. The van der Waals surface area contributed by atoms with Gasteiger partial charge in [0.2, 0.25) is 0 Å². The number of nitrogens with one attached hydrogen (secondary N) is 1. The highest BCUT2D eigenvalue weighted by atomic mass is 19.3. The third-order valence-corrected chi connectivity index (χ3v) is 2.29. The molecule has 0 fully saturated rings. The Hall–Kier alpha value is -1.16. The molecule has 0 saturated carbocycles. The van der Waals surface area contributed by atoms with Crippen molar-refractivity contribution in [3.8, 4) is 5.75 Å². The van der Waals surface area contributed by atoms with Crippen LogP contribution in [-0.2, 0) is 6.42 Å². The van der Waals surface area contributed by atoms with E-state index in [-0.39, 0.29) is 5.75 Å². The molecule has 0 bridgehead atoms. The lowest BCUT2D eigenvalue weighted by Gasteiger charge is -2.08. The topological polar surface area (TPSA) is 21.3 Å². The number of benzene rings is 1. The molecule has 0 radical (unpaired) electrons. The highest BCUT2D eigenvalue weighted by Gasteiger charge is 2.03. The Labute approximate surface area is 101 Å². The molecule has 1 aromatic rings. The molecule has 4 heteroatoms. The zero-order valence-electron chi connectivity index (χ0n) is 10.2. The second-order valence-electron chi connectivity index (χ2n) is 4.37. The first-order valence-corrected chi connectivity index (χ1v) is 5.82. The minimum atomic E-state index is -2.76. The summed E-state index contributed by atoms with van der Waals surface area (Å²) in [5.74, 6) is 0.843. The van der Waals surface area contributed by atoms with Crippen LogP contribution in [0.5, 0.6) is 5.75 Å². The normalized spacial score (nSPS) is 11.2. The summed E-state index contributed by atoms with van der Waals surface area (Å²) in [5, 5.41) is 3.33. The smallest absolute Gasteiger partial charge is 0.387 e. The lowest BCUT2D eigenvalue weighted by molar-refractivity contribution is -0.0498. The molecule has 0 amide bonds. The summed E-state index contributed by atoms with van der Waals surface area (Å²) in [7, 11) is 0. The minimum absolute atomic E-state index is 0.207. The molecule has 1 aromatic carbocycles. The molecule has 0 aliphatic rings. The number of alkyl halides is 2. The number of rotatable bonds is 7. The molecule has 1 rings (SSSR count). The molecular formula is C13H19F2NO. The van der Waals surface area contributed by atoms with Crippen molar-refractivity contribution in [3.05, 3.63) is 29.8 Å². The zero-order chi connectivity index (χ0) is 12.7. The third-order valence-electron chi connectivity index (χ3n) is 2.29. The minimum Gasteiger partial charge on any atom is -0.435 e. The Kier molecular flexibility index (Phi) is 5.91. The fourth-order valence-electron chi connectivity index (χ4n) is 1.46. The summed E-state index contributed by atoms with van der Waals surface area (Å²) in [6.07, 6.45) is 0.891. The molecule has 0 unspecified atom stereocenters. The SMILES string of the molecule is CC(C)CNCCc1ccc(OC(F)F)cc1. The van der Waals surface area contributed by atoms with Crippen LogP contribution < -0.4 is 10.1 Å². The van der Waals surface area contributed by atoms with Crippen LogP contribution in [0.25, 0.3) is 0 Å². The monoisotopic (exact) mass is 243 g/mol. The molecule has 0 atom stereocenters. The van der Waals surface area contributed by atoms with Crippen LogP contribution in [0.15, 0.2) is 24.3 Å². The van der Waals surface area contributed by atoms with E-state index < -0.39 is 6.61 Å². The summed E-state index contributed by atoms with van der Waals surface area (Å²) >= 11 is 0. The van der Waals surface area contributed by atoms with Gasteiger partial charge in [0.1, 0.15) is 5.75 Å². The van der Waals surface area contributed by atoms with Gasteiger partial charge in [0.15, 0.2) is 0 Å². The quantitative estimate of drug-likeness (QED) is 0.743. The van der Waals surface area contributed by atoms with Gasteiger partial charge in [-0.05, 0) is 43.1 Å². The van der Waals surface area contributed by atoms with E-state index in [0.717, 1.165) is 25.1 Å². The van der Waals surface area contributed by atoms with Gasteiger partial charge in [-0.25, -0.2) is 0 Å². The van der Waals surface area contributed by atoms with Crippen LogP contribution >= 0.6 is 0 Å². The number of halogens is 2. The van der Waals surface area contributed by atoms with Crippen LogP contribution in [0, 0.1) is 5.92 Å². The maximum absolute atomic E-state index is 11.9. The molecule has 96 valence electrons. The van der Waals surface area contributed by atoms with Gasteiger partial charge < -0.3 is 10.1 Å². The molecule has 2 nitrogen and oxygen atoms in total. The molecule has 0 saturated heterocycles. The first-order chi connectivity index (χ1) is 8.08. The number of hydrogen-bond acceptors (Lipinski definition) is 2.